The summed E-state index contributed by atoms with van der Waals surface area (Å²) in [6.07, 6.45) is 1.94. The second-order valence-corrected chi connectivity index (χ2v) is 8.67. The number of rotatable bonds is 6. The van der Waals surface area contributed by atoms with E-state index < -0.39 is 0 Å². The minimum absolute atomic E-state index is 0.0133. The third kappa shape index (κ3) is 4.89. The van der Waals surface area contributed by atoms with Gasteiger partial charge in [-0.2, -0.15) is 0 Å². The summed E-state index contributed by atoms with van der Waals surface area (Å²) in [4.78, 5) is 20.7. The lowest BCUT2D eigenvalue weighted by Gasteiger charge is -2.32. The number of piperidine rings is 1. The van der Waals surface area contributed by atoms with Crippen molar-refractivity contribution < 1.29 is 9.53 Å². The molecule has 1 amide bonds. The average Bonchev–Trinajstić information content (AvgIpc) is 3.18. The molecule has 0 unspecified atom stereocenters. The standard InChI is InChI=1S/C24H27N3O2S/c1-17-22(30-24(25-17)19-9-6-10-21(15-19)29-2)23(28)26-20-11-13-27(14-12-20)16-18-7-4-3-5-8-18/h3-10,15,20H,11-14,16H2,1-2H3,(H,26,28). The smallest absolute Gasteiger partial charge is 0.263 e. The van der Waals surface area contributed by atoms with E-state index in [4.69, 9.17) is 4.74 Å². The van der Waals surface area contributed by atoms with Gasteiger partial charge in [0.05, 0.1) is 12.8 Å². The topological polar surface area (TPSA) is 54.5 Å². The average molecular weight is 422 g/mol. The molecule has 1 aliphatic rings. The number of thiazole rings is 1. The van der Waals surface area contributed by atoms with Crippen LogP contribution in [0.2, 0.25) is 0 Å². The number of ether oxygens (including phenoxy) is 1. The molecule has 1 N–H and O–H groups in total. The number of hydrogen-bond donors (Lipinski definition) is 1. The molecule has 0 atom stereocenters. The van der Waals surface area contributed by atoms with Crippen molar-refractivity contribution in [1.82, 2.24) is 15.2 Å². The Morgan fingerprint density at radius 2 is 1.93 bits per heavy atom. The fraction of sp³-hybridized carbons (Fsp3) is 0.333. The van der Waals surface area contributed by atoms with Gasteiger partial charge in [0.15, 0.2) is 0 Å². The highest BCUT2D eigenvalue weighted by atomic mass is 32.1. The molecule has 4 rings (SSSR count). The van der Waals surface area contributed by atoms with Gasteiger partial charge in [-0.1, -0.05) is 42.5 Å². The zero-order chi connectivity index (χ0) is 20.9. The fourth-order valence-electron chi connectivity index (χ4n) is 3.81. The van der Waals surface area contributed by atoms with E-state index in [0.29, 0.717) is 4.88 Å². The van der Waals surface area contributed by atoms with Crippen molar-refractivity contribution in [2.75, 3.05) is 20.2 Å². The SMILES string of the molecule is COc1cccc(-c2nc(C)c(C(=O)NC3CCN(Cc4ccccc4)CC3)s2)c1. The van der Waals surface area contributed by atoms with Crippen molar-refractivity contribution >= 4 is 17.2 Å². The molecular weight excluding hydrogens is 394 g/mol. The molecule has 3 aromatic rings. The molecule has 1 aliphatic heterocycles. The minimum Gasteiger partial charge on any atom is -0.497 e. The highest BCUT2D eigenvalue weighted by Gasteiger charge is 2.23. The van der Waals surface area contributed by atoms with Crippen molar-refractivity contribution in [2.45, 2.75) is 32.4 Å². The first-order valence-corrected chi connectivity index (χ1v) is 11.1. The number of nitrogens with zero attached hydrogens (tertiary/aromatic N) is 2. The van der Waals surface area contributed by atoms with Crippen LogP contribution in [0, 0.1) is 6.92 Å². The van der Waals surface area contributed by atoms with Crippen molar-refractivity contribution in [2.24, 2.45) is 0 Å². The minimum atomic E-state index is -0.0133. The van der Waals surface area contributed by atoms with Gasteiger partial charge in [-0.3, -0.25) is 9.69 Å². The zero-order valence-electron chi connectivity index (χ0n) is 17.4. The van der Waals surface area contributed by atoms with Gasteiger partial charge in [0.1, 0.15) is 15.6 Å². The number of benzene rings is 2. The van der Waals surface area contributed by atoms with Crippen molar-refractivity contribution in [1.29, 1.82) is 0 Å². The number of methoxy groups -OCH3 is 1. The predicted octanol–water partition coefficient (Wildman–Crippen LogP) is 4.52. The van der Waals surface area contributed by atoms with Gasteiger partial charge in [0.25, 0.3) is 5.91 Å². The van der Waals surface area contributed by atoms with Crippen LogP contribution in [0.3, 0.4) is 0 Å². The fourth-order valence-corrected chi connectivity index (χ4v) is 4.78. The molecule has 2 heterocycles. The van der Waals surface area contributed by atoms with E-state index in [1.165, 1.54) is 16.9 Å². The van der Waals surface area contributed by atoms with Crippen LogP contribution in [0.1, 0.15) is 33.8 Å². The number of carbonyl (C=O) groups excluding carboxylic acids is 1. The summed E-state index contributed by atoms with van der Waals surface area (Å²) in [6.45, 7) is 4.87. The molecule has 1 saturated heterocycles. The van der Waals surface area contributed by atoms with Crippen molar-refractivity contribution in [3.63, 3.8) is 0 Å². The van der Waals surface area contributed by atoms with Crippen molar-refractivity contribution in [3.05, 3.63) is 70.7 Å². The number of aromatic nitrogens is 1. The first-order valence-electron chi connectivity index (χ1n) is 10.3. The maximum atomic E-state index is 12.9. The van der Waals surface area contributed by atoms with E-state index in [2.05, 4.69) is 39.5 Å². The van der Waals surface area contributed by atoms with Crippen LogP contribution in [0.4, 0.5) is 0 Å². The summed E-state index contributed by atoms with van der Waals surface area (Å²) in [5.74, 6) is 0.772. The van der Waals surface area contributed by atoms with E-state index in [1.807, 2.05) is 37.3 Å². The Hall–Kier alpha value is -2.70. The molecule has 0 aliphatic carbocycles. The summed E-state index contributed by atoms with van der Waals surface area (Å²) < 4.78 is 5.30. The van der Waals surface area contributed by atoms with Gasteiger partial charge in [0, 0.05) is 31.2 Å². The molecule has 0 spiro atoms. The number of hydrogen-bond acceptors (Lipinski definition) is 5. The van der Waals surface area contributed by atoms with E-state index in [0.717, 1.165) is 54.5 Å². The Labute approximate surface area is 181 Å². The molecule has 0 bridgehead atoms. The number of aryl methyl sites for hydroxylation is 1. The highest BCUT2D eigenvalue weighted by molar-refractivity contribution is 7.17. The third-order valence-corrected chi connectivity index (χ3v) is 6.70. The normalized spacial score (nSPS) is 15.1. The van der Waals surface area contributed by atoms with Gasteiger partial charge in [-0.05, 0) is 37.5 Å². The Morgan fingerprint density at radius 1 is 1.17 bits per heavy atom. The van der Waals surface area contributed by atoms with Gasteiger partial charge in [0.2, 0.25) is 0 Å². The van der Waals surface area contributed by atoms with Gasteiger partial charge in [-0.15, -0.1) is 11.3 Å². The summed E-state index contributed by atoms with van der Waals surface area (Å²) in [5.41, 5.74) is 3.08. The van der Waals surface area contributed by atoms with E-state index >= 15 is 0 Å². The summed E-state index contributed by atoms with van der Waals surface area (Å²) in [6, 6.07) is 18.5. The molecule has 1 aromatic heterocycles. The van der Waals surface area contributed by atoms with Crippen LogP contribution >= 0.6 is 11.3 Å². The molecule has 6 heteroatoms. The summed E-state index contributed by atoms with van der Waals surface area (Å²) in [7, 11) is 1.65. The molecule has 156 valence electrons. The largest absolute Gasteiger partial charge is 0.497 e. The Kier molecular flexibility index (Phi) is 6.45. The Morgan fingerprint density at radius 3 is 2.67 bits per heavy atom. The van der Waals surface area contributed by atoms with Crippen LogP contribution in [0.15, 0.2) is 54.6 Å². The zero-order valence-corrected chi connectivity index (χ0v) is 18.2. The monoisotopic (exact) mass is 421 g/mol. The first kappa shape index (κ1) is 20.6. The second-order valence-electron chi connectivity index (χ2n) is 7.67. The van der Waals surface area contributed by atoms with Gasteiger partial charge < -0.3 is 10.1 Å². The quantitative estimate of drug-likeness (QED) is 0.636. The van der Waals surface area contributed by atoms with E-state index in [-0.39, 0.29) is 11.9 Å². The number of nitrogens with one attached hydrogen (secondary N) is 1. The molecule has 5 nitrogen and oxygen atoms in total. The van der Waals surface area contributed by atoms with Crippen molar-refractivity contribution in [3.8, 4) is 16.3 Å². The Balaban J connectivity index is 1.35. The van der Waals surface area contributed by atoms with Gasteiger partial charge >= 0.3 is 0 Å². The van der Waals surface area contributed by atoms with Gasteiger partial charge in [-0.25, -0.2) is 4.98 Å². The van der Waals surface area contributed by atoms with E-state index in [1.54, 1.807) is 7.11 Å². The molecule has 0 radical (unpaired) electrons. The van der Waals surface area contributed by atoms with Crippen LogP contribution in [0.25, 0.3) is 10.6 Å². The molecular formula is C24H27N3O2S. The number of likely N-dealkylation sites (tertiary alicyclic amines) is 1. The molecule has 0 saturated carbocycles. The van der Waals surface area contributed by atoms with Crippen LogP contribution in [-0.2, 0) is 6.54 Å². The maximum absolute atomic E-state index is 12.9. The number of carbonyl (C=O) groups is 1. The molecule has 2 aromatic carbocycles. The Bertz CT molecular complexity index is 995. The summed E-state index contributed by atoms with van der Waals surface area (Å²) in [5, 5.41) is 4.07. The lowest BCUT2D eigenvalue weighted by Crippen LogP contribution is -2.44. The van der Waals surface area contributed by atoms with Crippen LogP contribution in [-0.4, -0.2) is 42.0 Å². The summed E-state index contributed by atoms with van der Waals surface area (Å²) >= 11 is 1.44. The molecule has 30 heavy (non-hydrogen) atoms. The second kappa shape index (κ2) is 9.41. The third-order valence-electron chi connectivity index (χ3n) is 5.49. The highest BCUT2D eigenvalue weighted by Crippen LogP contribution is 2.30. The lowest BCUT2D eigenvalue weighted by molar-refractivity contribution is 0.0912. The van der Waals surface area contributed by atoms with Crippen LogP contribution in [0.5, 0.6) is 5.75 Å². The lowest BCUT2D eigenvalue weighted by atomic mass is 10.0. The predicted molar refractivity (Wildman–Crippen MR) is 121 cm³/mol. The maximum Gasteiger partial charge on any atom is 0.263 e. The number of amides is 1. The van der Waals surface area contributed by atoms with Crippen LogP contribution < -0.4 is 10.1 Å². The first-order chi connectivity index (χ1) is 14.6. The van der Waals surface area contributed by atoms with E-state index in [9.17, 15) is 4.79 Å². The molecule has 1 fully saturated rings.